The summed E-state index contributed by atoms with van der Waals surface area (Å²) in [6.07, 6.45) is 2.09. The zero-order valence-electron chi connectivity index (χ0n) is 53.6. The van der Waals surface area contributed by atoms with Crippen molar-refractivity contribution in [3.05, 3.63) is 72.9 Å². The van der Waals surface area contributed by atoms with Crippen LogP contribution in [-0.4, -0.2) is 226 Å². The second-order valence-corrected chi connectivity index (χ2v) is 21.4. The number of aliphatic hydroxyl groups is 6. The van der Waals surface area contributed by atoms with E-state index in [9.17, 15) is 28.8 Å². The third kappa shape index (κ3) is 50.3. The molecule has 3 aliphatic heterocycles. The highest BCUT2D eigenvalue weighted by molar-refractivity contribution is 5.88. The summed E-state index contributed by atoms with van der Waals surface area (Å²) >= 11 is 0. The molecule has 26 nitrogen and oxygen atoms in total. The van der Waals surface area contributed by atoms with E-state index in [0.717, 1.165) is 25.7 Å². The van der Waals surface area contributed by atoms with Crippen molar-refractivity contribution in [1.82, 2.24) is 0 Å². The lowest BCUT2D eigenvalue weighted by atomic mass is 10.2. The average molecular weight is 1250 g/mol. The molecule has 26 heteroatoms. The Morgan fingerprint density at radius 1 is 0.402 bits per heavy atom. The second-order valence-electron chi connectivity index (χ2n) is 21.4. The summed E-state index contributed by atoms with van der Waals surface area (Å²) in [5.41, 5.74) is 2.22. The summed E-state index contributed by atoms with van der Waals surface area (Å²) < 4.78 is 71.9. The fourth-order valence-corrected chi connectivity index (χ4v) is 5.98. The summed E-state index contributed by atoms with van der Waals surface area (Å²) in [6, 6.07) is 0. The van der Waals surface area contributed by atoms with Crippen molar-refractivity contribution in [3.63, 3.8) is 0 Å². The molecule has 0 saturated carbocycles. The van der Waals surface area contributed by atoms with Crippen molar-refractivity contribution >= 4 is 35.8 Å². The minimum absolute atomic E-state index is 0.0289. The van der Waals surface area contributed by atoms with Gasteiger partial charge in [-0.15, -0.1) is 0 Å². The van der Waals surface area contributed by atoms with Gasteiger partial charge in [-0.3, -0.25) is 0 Å². The maximum Gasteiger partial charge on any atom is 0.333 e. The number of aliphatic hydroxyl groups excluding tert-OH is 6. The van der Waals surface area contributed by atoms with Crippen LogP contribution in [0.15, 0.2) is 72.9 Å². The molecule has 87 heavy (non-hydrogen) atoms. The number of carbonyl (C=O) groups excluding carboxylic acids is 6. The molecule has 3 aliphatic rings. The largest absolute Gasteiger partial charge is 0.462 e. The van der Waals surface area contributed by atoms with Gasteiger partial charge in [-0.1, -0.05) is 39.5 Å². The highest BCUT2D eigenvalue weighted by Crippen LogP contribution is 2.26. The highest BCUT2D eigenvalue weighted by Gasteiger charge is 2.34. The fourth-order valence-electron chi connectivity index (χ4n) is 5.98. The minimum Gasteiger partial charge on any atom is -0.462 e. The van der Waals surface area contributed by atoms with Gasteiger partial charge < -0.3 is 97.0 Å². The molecule has 0 spiro atoms. The quantitative estimate of drug-likeness (QED) is 0.0228. The SMILES string of the molecule is C=C(C)C(=O)OCC(O)CO.C=C(C)C(=O)OCC1COC(C)(C)O1.C=C(C)C(=O)OCCCCC(O)CO.C=C(C)C(=O)OCCCCC1COC(C)(C)O1.C=C(C)C(=O)OCCOCC(O)CO.C=C(C)C(=O)OCCOCC1COC(C)(C)O1. The monoisotopic (exact) mass is 1250 g/mol. The van der Waals surface area contributed by atoms with E-state index < -0.39 is 66.2 Å². The summed E-state index contributed by atoms with van der Waals surface area (Å²) in [4.78, 5) is 65.5. The molecule has 6 N–H and O–H groups in total. The lowest BCUT2D eigenvalue weighted by Crippen LogP contribution is -2.25. The van der Waals surface area contributed by atoms with Gasteiger partial charge in [0.25, 0.3) is 0 Å². The van der Waals surface area contributed by atoms with Crippen LogP contribution in [0, 0.1) is 0 Å². The van der Waals surface area contributed by atoms with Gasteiger partial charge in [0.1, 0.15) is 50.8 Å². The Bertz CT molecular complexity index is 1980. The predicted octanol–water partition coefficient (Wildman–Crippen LogP) is 4.52. The van der Waals surface area contributed by atoms with Crippen molar-refractivity contribution in [1.29, 1.82) is 0 Å². The molecule has 0 aromatic rings. The smallest absolute Gasteiger partial charge is 0.333 e. The van der Waals surface area contributed by atoms with Crippen LogP contribution in [0.5, 0.6) is 0 Å². The molecule has 0 bridgehead atoms. The number of ether oxygens (including phenoxy) is 14. The first-order valence-electron chi connectivity index (χ1n) is 28.4. The van der Waals surface area contributed by atoms with Crippen molar-refractivity contribution in [2.75, 3.05) is 106 Å². The van der Waals surface area contributed by atoms with Crippen LogP contribution in [0.3, 0.4) is 0 Å². The van der Waals surface area contributed by atoms with Crippen molar-refractivity contribution in [2.24, 2.45) is 0 Å². The number of unbranched alkanes of at least 4 members (excludes halogenated alkanes) is 2. The molecule has 3 saturated heterocycles. The number of carbonyl (C=O) groups is 6. The van der Waals surface area contributed by atoms with E-state index in [0.29, 0.717) is 87.0 Å². The van der Waals surface area contributed by atoms with Gasteiger partial charge in [-0.25, -0.2) is 28.8 Å². The van der Waals surface area contributed by atoms with Gasteiger partial charge in [0.2, 0.25) is 0 Å². The van der Waals surface area contributed by atoms with Crippen LogP contribution in [0.2, 0.25) is 0 Å². The maximum absolute atomic E-state index is 11.1. The van der Waals surface area contributed by atoms with Crippen LogP contribution < -0.4 is 0 Å². The third-order valence-electron chi connectivity index (χ3n) is 10.6. The zero-order valence-corrected chi connectivity index (χ0v) is 53.6. The van der Waals surface area contributed by atoms with E-state index in [4.69, 9.17) is 92.2 Å². The van der Waals surface area contributed by atoms with Crippen molar-refractivity contribution in [2.45, 2.75) is 176 Å². The normalized spacial score (nSPS) is 18.2. The molecule has 6 atom stereocenters. The van der Waals surface area contributed by atoms with Crippen LogP contribution >= 0.6 is 0 Å². The van der Waals surface area contributed by atoms with Gasteiger partial charge in [0, 0.05) is 33.4 Å². The summed E-state index contributed by atoms with van der Waals surface area (Å²) in [5.74, 6) is -4.04. The maximum atomic E-state index is 11.1. The lowest BCUT2D eigenvalue weighted by molar-refractivity contribution is -0.155. The first kappa shape index (κ1) is 85.9. The number of hydrogen-bond donors (Lipinski definition) is 6. The van der Waals surface area contributed by atoms with E-state index in [1.54, 1.807) is 34.6 Å². The number of esters is 6. The molecule has 3 fully saturated rings. The van der Waals surface area contributed by atoms with E-state index in [1.165, 1.54) is 6.92 Å². The van der Waals surface area contributed by atoms with Crippen LogP contribution in [-0.2, 0) is 95.1 Å². The van der Waals surface area contributed by atoms with Crippen LogP contribution in [0.1, 0.15) is 122 Å². The molecule has 3 rings (SSSR count). The Labute approximate surface area is 514 Å². The second kappa shape index (κ2) is 48.6. The van der Waals surface area contributed by atoms with E-state index in [-0.39, 0.29) is 88.7 Å². The standard InChI is InChI=1S/C13H22O4.C12H20O5.C10H16O4.C10H18O4.C9H16O5.C7H12O4/c1-10(2)12(14)15-8-6-5-7-11-9-16-13(3,4)17-11;1-9(2)11(13)15-6-5-14-7-10-8-16-12(3,4)17-10;1-7(2)9(11)12-5-8-6-13-10(3,4)14-8;1-8(2)10(13)14-6-4-3-5-9(12)7-11;1-7(2)9(12)14-4-3-13-6-8(11)5-10;1-5(2)7(10)11-4-6(9)3-8/h11H,1,5-9H2,2-4H3;10H,1,5-8H2,2-4H3;8H,1,5-6H2,2-4H3;9,11-12H,1,3-7H2,2H3;8,10-11H,1,3-6H2,2H3;6,8-9H,1,3-4H2,2H3. The molecular formula is C61H104O26. The van der Waals surface area contributed by atoms with Crippen molar-refractivity contribution < 1.29 is 126 Å². The molecule has 6 unspecified atom stereocenters. The highest BCUT2D eigenvalue weighted by atomic mass is 16.8. The molecule has 0 aromatic carbocycles. The van der Waals surface area contributed by atoms with Gasteiger partial charge in [0.15, 0.2) is 17.4 Å². The van der Waals surface area contributed by atoms with Crippen LogP contribution in [0.25, 0.3) is 0 Å². The average Bonchev–Trinajstić information content (AvgIpc) is 4.38. The lowest BCUT2D eigenvalue weighted by Gasteiger charge is -2.17. The fraction of sp³-hybridized carbons (Fsp3) is 0.705. The van der Waals surface area contributed by atoms with E-state index in [2.05, 4.69) is 44.2 Å². The molecule has 3 heterocycles. The molecule has 0 radical (unpaired) electrons. The van der Waals surface area contributed by atoms with Gasteiger partial charge >= 0.3 is 35.8 Å². The molecule has 0 aromatic heterocycles. The molecule has 504 valence electrons. The van der Waals surface area contributed by atoms with Crippen LogP contribution in [0.4, 0.5) is 0 Å². The Morgan fingerprint density at radius 2 is 0.724 bits per heavy atom. The summed E-state index contributed by atoms with van der Waals surface area (Å²) in [7, 11) is 0. The van der Waals surface area contributed by atoms with Gasteiger partial charge in [-0.2, -0.15) is 0 Å². The Morgan fingerprint density at radius 3 is 1.09 bits per heavy atom. The first-order valence-corrected chi connectivity index (χ1v) is 28.4. The topological polar surface area (TPSA) is 353 Å². The summed E-state index contributed by atoms with van der Waals surface area (Å²) in [6.45, 7) is 44.2. The van der Waals surface area contributed by atoms with E-state index >= 15 is 0 Å². The van der Waals surface area contributed by atoms with Gasteiger partial charge in [0.05, 0.1) is 91.5 Å². The Hall–Kier alpha value is -5.30. The zero-order chi connectivity index (χ0) is 67.3. The van der Waals surface area contributed by atoms with Gasteiger partial charge in [-0.05, 0) is 122 Å². The van der Waals surface area contributed by atoms with Crippen molar-refractivity contribution in [3.8, 4) is 0 Å². The molecule has 0 amide bonds. The number of rotatable bonds is 33. The molecule has 0 aliphatic carbocycles. The first-order chi connectivity index (χ1) is 40.4. The Kier molecular flexibility index (Phi) is 48.0. The molecular weight excluding hydrogens is 1150 g/mol. The summed E-state index contributed by atoms with van der Waals surface area (Å²) in [5, 5.41) is 51.8. The third-order valence-corrected chi connectivity index (χ3v) is 10.6. The minimum atomic E-state index is -1.00. The Balaban J connectivity index is -0.000000979. The predicted molar refractivity (Wildman–Crippen MR) is 318 cm³/mol. The number of hydrogen-bond acceptors (Lipinski definition) is 26. The van der Waals surface area contributed by atoms with E-state index in [1.807, 2.05) is 41.5 Å².